The maximum Gasteiger partial charge on any atom is 0.323 e. The standard InChI is InChI=1S/C22H27N3O3S/c1-27-17-2-4-18(5-3-17)28-13-23-20(26)25-21-24-19(12-29-21)22-9-14-6-15(10-22)8-16(7-14)11-22/h2-5,12,14-16H,6-11,13H2,1H3,(H2,23,24,25,26). The van der Waals surface area contributed by atoms with Gasteiger partial charge in [0.2, 0.25) is 0 Å². The lowest BCUT2D eigenvalue weighted by atomic mass is 9.49. The van der Waals surface area contributed by atoms with Gasteiger partial charge in [-0.2, -0.15) is 0 Å². The van der Waals surface area contributed by atoms with Crippen LogP contribution in [0.4, 0.5) is 9.93 Å². The molecule has 6 nitrogen and oxygen atoms in total. The molecule has 1 aromatic heterocycles. The molecular formula is C22H27N3O3S. The Bertz CT molecular complexity index is 844. The van der Waals surface area contributed by atoms with E-state index < -0.39 is 0 Å². The van der Waals surface area contributed by atoms with E-state index in [2.05, 4.69) is 16.0 Å². The third-order valence-electron chi connectivity index (χ3n) is 6.84. The van der Waals surface area contributed by atoms with Gasteiger partial charge in [0, 0.05) is 10.8 Å². The second-order valence-electron chi connectivity index (χ2n) is 8.83. The number of rotatable bonds is 6. The van der Waals surface area contributed by atoms with E-state index in [0.717, 1.165) is 23.5 Å². The Morgan fingerprint density at radius 2 is 1.72 bits per heavy atom. The zero-order valence-electron chi connectivity index (χ0n) is 16.6. The smallest absolute Gasteiger partial charge is 0.323 e. The predicted molar refractivity (Wildman–Crippen MR) is 113 cm³/mol. The number of hydrogen-bond acceptors (Lipinski definition) is 5. The molecule has 154 valence electrons. The number of thiazole rings is 1. The molecule has 4 aliphatic rings. The van der Waals surface area contributed by atoms with Gasteiger partial charge < -0.3 is 14.8 Å². The highest BCUT2D eigenvalue weighted by Gasteiger charge is 2.52. The molecule has 4 aliphatic carbocycles. The van der Waals surface area contributed by atoms with E-state index in [-0.39, 0.29) is 18.2 Å². The number of amides is 2. The van der Waals surface area contributed by atoms with Crippen LogP contribution in [-0.4, -0.2) is 24.9 Å². The fraction of sp³-hybridized carbons (Fsp3) is 0.545. The van der Waals surface area contributed by atoms with Crippen molar-refractivity contribution >= 4 is 22.5 Å². The van der Waals surface area contributed by atoms with E-state index in [1.807, 2.05) is 12.1 Å². The molecule has 1 aromatic carbocycles. The number of hydrogen-bond donors (Lipinski definition) is 2. The zero-order chi connectivity index (χ0) is 19.8. The van der Waals surface area contributed by atoms with Gasteiger partial charge in [0.25, 0.3) is 0 Å². The summed E-state index contributed by atoms with van der Waals surface area (Å²) in [5, 5.41) is 8.40. The lowest BCUT2D eigenvalue weighted by Gasteiger charge is -2.56. The number of carbonyl (C=O) groups excluding carboxylic acids is 1. The Hall–Kier alpha value is -2.28. The third-order valence-corrected chi connectivity index (χ3v) is 7.59. The molecule has 2 aromatic rings. The number of urea groups is 1. The van der Waals surface area contributed by atoms with Crippen LogP contribution in [-0.2, 0) is 5.41 Å². The molecule has 7 heteroatoms. The minimum absolute atomic E-state index is 0.0887. The Labute approximate surface area is 175 Å². The van der Waals surface area contributed by atoms with Crippen LogP contribution < -0.4 is 20.1 Å². The molecule has 0 spiro atoms. The summed E-state index contributed by atoms with van der Waals surface area (Å²) in [5.74, 6) is 4.10. The largest absolute Gasteiger partial charge is 0.497 e. The monoisotopic (exact) mass is 413 g/mol. The summed E-state index contributed by atoms with van der Waals surface area (Å²) in [5.41, 5.74) is 1.46. The molecule has 1 heterocycles. The normalized spacial score (nSPS) is 29.5. The molecule has 0 saturated heterocycles. The summed E-state index contributed by atoms with van der Waals surface area (Å²) in [6.45, 7) is 0.0887. The zero-order valence-corrected chi connectivity index (χ0v) is 17.5. The molecule has 0 radical (unpaired) electrons. The van der Waals surface area contributed by atoms with E-state index in [1.165, 1.54) is 55.6 Å². The van der Waals surface area contributed by atoms with Crippen molar-refractivity contribution in [2.45, 2.75) is 43.9 Å². The first-order valence-electron chi connectivity index (χ1n) is 10.4. The minimum Gasteiger partial charge on any atom is -0.497 e. The Kier molecular flexibility index (Phi) is 4.86. The number of nitrogens with one attached hydrogen (secondary N) is 2. The van der Waals surface area contributed by atoms with Crippen LogP contribution in [0.3, 0.4) is 0 Å². The van der Waals surface area contributed by atoms with Crippen LogP contribution in [0.25, 0.3) is 0 Å². The van der Waals surface area contributed by atoms with Crippen LogP contribution in [0.5, 0.6) is 11.5 Å². The lowest BCUT2D eigenvalue weighted by Crippen LogP contribution is -2.48. The van der Waals surface area contributed by atoms with E-state index in [0.29, 0.717) is 10.9 Å². The minimum atomic E-state index is -0.301. The van der Waals surface area contributed by atoms with Gasteiger partial charge in [0.15, 0.2) is 11.9 Å². The second kappa shape index (κ2) is 7.52. The number of aromatic nitrogens is 1. The molecule has 4 fully saturated rings. The first-order valence-corrected chi connectivity index (χ1v) is 11.3. The Morgan fingerprint density at radius 3 is 2.34 bits per heavy atom. The average molecular weight is 414 g/mol. The number of methoxy groups -OCH3 is 1. The van der Waals surface area contributed by atoms with Gasteiger partial charge >= 0.3 is 6.03 Å². The van der Waals surface area contributed by atoms with Crippen LogP contribution in [0.15, 0.2) is 29.6 Å². The molecule has 0 aliphatic heterocycles. The highest BCUT2D eigenvalue weighted by Crippen LogP contribution is 2.60. The van der Waals surface area contributed by atoms with Gasteiger partial charge in [0.05, 0.1) is 12.8 Å². The van der Waals surface area contributed by atoms with Crippen LogP contribution in [0.2, 0.25) is 0 Å². The van der Waals surface area contributed by atoms with Gasteiger partial charge in [-0.1, -0.05) is 0 Å². The first-order chi connectivity index (χ1) is 14.1. The number of anilines is 1. The van der Waals surface area contributed by atoms with Crippen molar-refractivity contribution in [3.63, 3.8) is 0 Å². The van der Waals surface area contributed by atoms with Crippen molar-refractivity contribution in [1.29, 1.82) is 0 Å². The van der Waals surface area contributed by atoms with Gasteiger partial charge in [-0.05, 0) is 80.5 Å². The van der Waals surface area contributed by atoms with Crippen molar-refractivity contribution in [1.82, 2.24) is 10.3 Å². The first kappa shape index (κ1) is 18.7. The third kappa shape index (κ3) is 3.80. The number of ether oxygens (including phenoxy) is 2. The summed E-state index contributed by atoms with van der Waals surface area (Å²) in [4.78, 5) is 17.0. The van der Waals surface area contributed by atoms with Crippen LogP contribution in [0, 0.1) is 17.8 Å². The maximum atomic E-state index is 12.2. The van der Waals surface area contributed by atoms with Crippen molar-refractivity contribution in [2.24, 2.45) is 17.8 Å². The predicted octanol–water partition coefficient (Wildman–Crippen LogP) is 4.78. The molecule has 2 amide bonds. The van der Waals surface area contributed by atoms with Crippen LogP contribution in [0.1, 0.15) is 44.2 Å². The molecule has 4 bridgehead atoms. The van der Waals surface area contributed by atoms with Gasteiger partial charge in [-0.3, -0.25) is 5.32 Å². The number of carbonyl (C=O) groups is 1. The molecule has 29 heavy (non-hydrogen) atoms. The van der Waals surface area contributed by atoms with Crippen molar-refractivity contribution < 1.29 is 14.3 Å². The van der Waals surface area contributed by atoms with Crippen molar-refractivity contribution in [3.8, 4) is 11.5 Å². The topological polar surface area (TPSA) is 72.5 Å². The number of benzene rings is 1. The quantitative estimate of drug-likeness (QED) is 0.669. The highest BCUT2D eigenvalue weighted by atomic mass is 32.1. The molecule has 0 atom stereocenters. The molecular weight excluding hydrogens is 386 g/mol. The maximum absolute atomic E-state index is 12.2. The highest BCUT2D eigenvalue weighted by molar-refractivity contribution is 7.13. The second-order valence-corrected chi connectivity index (χ2v) is 9.69. The van der Waals surface area contributed by atoms with Crippen molar-refractivity contribution in [2.75, 3.05) is 19.2 Å². The Morgan fingerprint density at radius 1 is 1.10 bits per heavy atom. The van der Waals surface area contributed by atoms with E-state index in [4.69, 9.17) is 14.5 Å². The summed E-state index contributed by atoms with van der Waals surface area (Å²) in [7, 11) is 1.62. The fourth-order valence-corrected chi connectivity index (χ4v) is 6.83. The summed E-state index contributed by atoms with van der Waals surface area (Å²) < 4.78 is 10.7. The van der Waals surface area contributed by atoms with E-state index >= 15 is 0 Å². The van der Waals surface area contributed by atoms with Gasteiger partial charge in [-0.25, -0.2) is 9.78 Å². The molecule has 4 saturated carbocycles. The molecule has 0 unspecified atom stereocenters. The van der Waals surface area contributed by atoms with Crippen molar-refractivity contribution in [3.05, 3.63) is 35.3 Å². The number of nitrogens with zero attached hydrogens (tertiary/aromatic N) is 1. The molecule has 2 N–H and O–H groups in total. The summed E-state index contributed by atoms with van der Waals surface area (Å²) in [6, 6.07) is 6.94. The van der Waals surface area contributed by atoms with Gasteiger partial charge in [-0.15, -0.1) is 11.3 Å². The van der Waals surface area contributed by atoms with Gasteiger partial charge in [0.1, 0.15) is 11.5 Å². The molecule has 6 rings (SSSR count). The van der Waals surface area contributed by atoms with E-state index in [1.54, 1.807) is 19.2 Å². The lowest BCUT2D eigenvalue weighted by molar-refractivity contribution is -0.00688. The summed E-state index contributed by atoms with van der Waals surface area (Å²) >= 11 is 1.52. The SMILES string of the molecule is COc1ccc(OCNC(=O)Nc2nc(C34CC5CC(CC(C5)C3)C4)cs2)cc1. The van der Waals surface area contributed by atoms with Crippen LogP contribution >= 0.6 is 11.3 Å². The Balaban J connectivity index is 1.15. The van der Waals surface area contributed by atoms with E-state index in [9.17, 15) is 4.79 Å². The fourth-order valence-electron chi connectivity index (χ4n) is 6.00. The average Bonchev–Trinajstić information content (AvgIpc) is 3.17. The summed E-state index contributed by atoms with van der Waals surface area (Å²) in [6.07, 6.45) is 8.11.